The van der Waals surface area contributed by atoms with Gasteiger partial charge in [0.1, 0.15) is 0 Å². The Morgan fingerprint density at radius 3 is 1.53 bits per heavy atom. The van der Waals surface area contributed by atoms with Gasteiger partial charge in [-0.1, -0.05) is 0 Å². The summed E-state index contributed by atoms with van der Waals surface area (Å²) < 4.78 is 0. The number of nitrogens with zero attached hydrogens (tertiary/aromatic N) is 3. The molecule has 4 nitrogen and oxygen atoms in total. The Balaban J connectivity index is 3.84. The maximum absolute atomic E-state index is 9.38. The van der Waals surface area contributed by atoms with Crippen LogP contribution in [0.1, 0.15) is 6.92 Å². The fourth-order valence-electron chi connectivity index (χ4n) is 1.35. The van der Waals surface area contributed by atoms with Crippen molar-refractivity contribution in [3.05, 3.63) is 0 Å². The van der Waals surface area contributed by atoms with Gasteiger partial charge in [-0.15, -0.1) is 0 Å². The molecule has 0 aliphatic rings. The molecule has 1 atom stereocenters. The molecule has 1 unspecified atom stereocenters. The summed E-state index contributed by atoms with van der Waals surface area (Å²) in [5.41, 5.74) is 0. The van der Waals surface area contributed by atoms with E-state index in [1.165, 1.54) is 0 Å². The Bertz CT molecular complexity index is 137. The Labute approximate surface area is 94.5 Å². The first-order chi connectivity index (χ1) is 6.91. The van der Waals surface area contributed by atoms with Gasteiger partial charge in [-0.05, 0) is 35.1 Å². The molecule has 15 heavy (non-hydrogen) atoms. The van der Waals surface area contributed by atoms with E-state index in [4.69, 9.17) is 0 Å². The van der Waals surface area contributed by atoms with E-state index in [0.29, 0.717) is 0 Å². The largest absolute Gasteiger partial charge is 0.392 e. The monoisotopic (exact) mass is 217 g/mol. The number of rotatable bonds is 8. The van der Waals surface area contributed by atoms with Crippen LogP contribution in [0.4, 0.5) is 0 Å². The van der Waals surface area contributed by atoms with E-state index in [2.05, 4.69) is 42.9 Å². The van der Waals surface area contributed by atoms with Crippen molar-refractivity contribution in [1.29, 1.82) is 0 Å². The third-order valence-electron chi connectivity index (χ3n) is 2.25. The van der Waals surface area contributed by atoms with Crippen molar-refractivity contribution in [2.75, 3.05) is 60.9 Å². The smallest absolute Gasteiger partial charge is 0.0639 e. The average molecular weight is 217 g/mol. The summed E-state index contributed by atoms with van der Waals surface area (Å²) in [6.07, 6.45) is -0.241. The molecule has 0 rings (SSSR count). The van der Waals surface area contributed by atoms with Crippen molar-refractivity contribution in [1.82, 2.24) is 14.7 Å². The van der Waals surface area contributed by atoms with Crippen LogP contribution in [0, 0.1) is 0 Å². The highest BCUT2D eigenvalue weighted by atomic mass is 16.3. The molecule has 0 fully saturated rings. The van der Waals surface area contributed by atoms with Gasteiger partial charge in [-0.3, -0.25) is 4.90 Å². The highest BCUT2D eigenvalue weighted by molar-refractivity contribution is 4.64. The fraction of sp³-hybridized carbons (Fsp3) is 1.00. The van der Waals surface area contributed by atoms with Gasteiger partial charge in [-0.2, -0.15) is 0 Å². The summed E-state index contributed by atoms with van der Waals surface area (Å²) in [5, 5.41) is 9.38. The van der Waals surface area contributed by atoms with Gasteiger partial charge in [0.15, 0.2) is 0 Å². The molecule has 0 heterocycles. The van der Waals surface area contributed by atoms with E-state index < -0.39 is 0 Å². The van der Waals surface area contributed by atoms with E-state index in [1.807, 2.05) is 6.92 Å². The van der Waals surface area contributed by atoms with Crippen molar-refractivity contribution < 1.29 is 5.11 Å². The van der Waals surface area contributed by atoms with Crippen molar-refractivity contribution in [3.63, 3.8) is 0 Å². The predicted octanol–water partition coefficient (Wildman–Crippen LogP) is -0.208. The van der Waals surface area contributed by atoms with Gasteiger partial charge < -0.3 is 14.9 Å². The number of aliphatic hydroxyl groups excluding tert-OH is 1. The van der Waals surface area contributed by atoms with E-state index in [0.717, 1.165) is 32.7 Å². The third kappa shape index (κ3) is 10.1. The summed E-state index contributed by atoms with van der Waals surface area (Å²) in [5.74, 6) is 0. The normalized spacial score (nSPS) is 14.2. The van der Waals surface area contributed by atoms with Gasteiger partial charge in [0.05, 0.1) is 6.10 Å². The lowest BCUT2D eigenvalue weighted by atomic mass is 10.3. The molecule has 0 saturated carbocycles. The lowest BCUT2D eigenvalue weighted by Gasteiger charge is -2.26. The standard InChI is InChI=1S/C11H27N3O/c1-11(15)10-14(8-6-12(2)3)9-7-13(4)5/h11,15H,6-10H2,1-5H3. The molecule has 0 aliphatic heterocycles. The zero-order valence-corrected chi connectivity index (χ0v) is 10.9. The van der Waals surface area contributed by atoms with Crippen LogP contribution >= 0.6 is 0 Å². The van der Waals surface area contributed by atoms with Crippen molar-refractivity contribution >= 4 is 0 Å². The summed E-state index contributed by atoms with van der Waals surface area (Å²) in [7, 11) is 8.30. The van der Waals surface area contributed by atoms with Gasteiger partial charge in [0.25, 0.3) is 0 Å². The van der Waals surface area contributed by atoms with E-state index in [-0.39, 0.29) is 6.10 Å². The molecule has 0 saturated heterocycles. The second-order valence-electron chi connectivity index (χ2n) is 4.76. The Morgan fingerprint density at radius 2 is 1.27 bits per heavy atom. The molecule has 0 radical (unpaired) electrons. The second kappa shape index (κ2) is 8.05. The molecular formula is C11H27N3O. The lowest BCUT2D eigenvalue weighted by molar-refractivity contribution is 0.116. The first kappa shape index (κ1) is 14.8. The lowest BCUT2D eigenvalue weighted by Crippen LogP contribution is -2.40. The minimum absolute atomic E-state index is 0.241. The van der Waals surface area contributed by atoms with E-state index >= 15 is 0 Å². The molecule has 4 heteroatoms. The van der Waals surface area contributed by atoms with Gasteiger partial charge in [-0.25, -0.2) is 0 Å². The number of hydrogen-bond donors (Lipinski definition) is 1. The van der Waals surface area contributed by atoms with Gasteiger partial charge in [0, 0.05) is 32.7 Å². The highest BCUT2D eigenvalue weighted by Gasteiger charge is 2.08. The van der Waals surface area contributed by atoms with E-state index in [1.54, 1.807) is 0 Å². The van der Waals surface area contributed by atoms with Crippen LogP contribution in [-0.2, 0) is 0 Å². The average Bonchev–Trinajstić information content (AvgIpc) is 2.08. The van der Waals surface area contributed by atoms with Crippen molar-refractivity contribution in [2.45, 2.75) is 13.0 Å². The van der Waals surface area contributed by atoms with Crippen LogP contribution in [0.2, 0.25) is 0 Å². The van der Waals surface area contributed by atoms with E-state index in [9.17, 15) is 5.11 Å². The summed E-state index contributed by atoms with van der Waals surface area (Å²) in [4.78, 5) is 6.65. The van der Waals surface area contributed by atoms with Crippen molar-refractivity contribution in [3.8, 4) is 0 Å². The van der Waals surface area contributed by atoms with Crippen LogP contribution in [0.25, 0.3) is 0 Å². The van der Waals surface area contributed by atoms with Gasteiger partial charge >= 0.3 is 0 Å². The number of hydrogen-bond acceptors (Lipinski definition) is 4. The van der Waals surface area contributed by atoms with Crippen LogP contribution in [0.3, 0.4) is 0 Å². The quantitative estimate of drug-likeness (QED) is 0.609. The molecule has 0 aliphatic carbocycles. The highest BCUT2D eigenvalue weighted by Crippen LogP contribution is 1.93. The molecule has 92 valence electrons. The Morgan fingerprint density at radius 1 is 0.867 bits per heavy atom. The molecule has 0 aromatic rings. The number of aliphatic hydroxyl groups is 1. The van der Waals surface area contributed by atoms with Crippen LogP contribution in [0.5, 0.6) is 0 Å². The SMILES string of the molecule is CC(O)CN(CCN(C)C)CCN(C)C. The zero-order valence-electron chi connectivity index (χ0n) is 10.9. The molecule has 0 amide bonds. The minimum Gasteiger partial charge on any atom is -0.392 e. The predicted molar refractivity (Wildman–Crippen MR) is 65.2 cm³/mol. The second-order valence-corrected chi connectivity index (χ2v) is 4.76. The summed E-state index contributed by atoms with van der Waals surface area (Å²) in [6, 6.07) is 0. The Kier molecular flexibility index (Phi) is 7.96. The minimum atomic E-state index is -0.241. The summed E-state index contributed by atoms with van der Waals surface area (Å²) in [6.45, 7) is 6.73. The van der Waals surface area contributed by atoms with Crippen LogP contribution in [0.15, 0.2) is 0 Å². The fourth-order valence-corrected chi connectivity index (χ4v) is 1.35. The maximum Gasteiger partial charge on any atom is 0.0639 e. The molecule has 0 bridgehead atoms. The topological polar surface area (TPSA) is 30.0 Å². The molecule has 0 aromatic carbocycles. The molecule has 0 spiro atoms. The third-order valence-corrected chi connectivity index (χ3v) is 2.25. The maximum atomic E-state index is 9.38. The first-order valence-electron chi connectivity index (χ1n) is 5.61. The van der Waals surface area contributed by atoms with Crippen molar-refractivity contribution in [2.24, 2.45) is 0 Å². The summed E-state index contributed by atoms with van der Waals surface area (Å²) >= 11 is 0. The molecule has 0 aromatic heterocycles. The molecule has 1 N–H and O–H groups in total. The van der Waals surface area contributed by atoms with Crippen LogP contribution < -0.4 is 0 Å². The Hall–Kier alpha value is -0.160. The zero-order chi connectivity index (χ0) is 11.8. The number of likely N-dealkylation sites (N-methyl/N-ethyl adjacent to an activating group) is 2. The van der Waals surface area contributed by atoms with Crippen LogP contribution in [-0.4, -0.2) is 86.8 Å². The molecular weight excluding hydrogens is 190 g/mol. The first-order valence-corrected chi connectivity index (χ1v) is 5.61. The van der Waals surface area contributed by atoms with Gasteiger partial charge in [0.2, 0.25) is 0 Å².